The van der Waals surface area contributed by atoms with Gasteiger partial charge in [-0.2, -0.15) is 5.10 Å². The molecule has 3 nitrogen and oxygen atoms in total. The minimum absolute atomic E-state index is 0.561. The number of nitrogens with zero attached hydrogens (tertiary/aromatic N) is 2. The van der Waals surface area contributed by atoms with Crippen molar-refractivity contribution < 1.29 is 0 Å². The summed E-state index contributed by atoms with van der Waals surface area (Å²) in [5.74, 6) is 0. The Balaban J connectivity index is 2.70. The van der Waals surface area contributed by atoms with Gasteiger partial charge in [0.05, 0.1) is 15.9 Å². The van der Waals surface area contributed by atoms with E-state index in [1.165, 1.54) is 29.4 Å². The normalized spacial score (nSPS) is 13.0. The molecule has 0 saturated heterocycles. The average molecular weight is 302 g/mol. The van der Waals surface area contributed by atoms with E-state index in [9.17, 15) is 0 Å². The van der Waals surface area contributed by atoms with Gasteiger partial charge in [-0.3, -0.25) is 4.68 Å². The Bertz CT molecular complexity index is 347. The molecule has 1 N–H and O–H groups in total. The number of nitrogens with one attached hydrogen (secondary N) is 1. The van der Waals surface area contributed by atoms with Crippen molar-refractivity contribution in [3.8, 4) is 0 Å². The lowest BCUT2D eigenvalue weighted by Gasteiger charge is -2.18. The van der Waals surface area contributed by atoms with Crippen LogP contribution < -0.4 is 5.32 Å². The van der Waals surface area contributed by atoms with Crippen LogP contribution in [0, 0.1) is 6.92 Å². The van der Waals surface area contributed by atoms with Gasteiger partial charge in [-0.1, -0.05) is 20.3 Å². The third kappa shape index (κ3) is 4.11. The van der Waals surface area contributed by atoms with Crippen LogP contribution in [0.3, 0.4) is 0 Å². The van der Waals surface area contributed by atoms with Crippen LogP contribution in [0.1, 0.15) is 44.5 Å². The van der Waals surface area contributed by atoms with Crippen molar-refractivity contribution in [2.24, 2.45) is 7.05 Å². The molecule has 1 aromatic rings. The molecule has 1 rings (SSSR count). The van der Waals surface area contributed by atoms with Crippen LogP contribution >= 0.6 is 15.9 Å². The average Bonchev–Trinajstić information content (AvgIpc) is 2.53. The zero-order valence-electron chi connectivity index (χ0n) is 11.4. The van der Waals surface area contributed by atoms with Crippen LogP contribution in [0.4, 0.5) is 0 Å². The summed E-state index contributed by atoms with van der Waals surface area (Å²) in [4.78, 5) is 0. The zero-order chi connectivity index (χ0) is 12.8. The zero-order valence-corrected chi connectivity index (χ0v) is 13.0. The van der Waals surface area contributed by atoms with Gasteiger partial charge < -0.3 is 5.32 Å². The van der Waals surface area contributed by atoms with E-state index in [-0.39, 0.29) is 0 Å². The first-order valence-electron chi connectivity index (χ1n) is 6.51. The van der Waals surface area contributed by atoms with Crippen molar-refractivity contribution in [1.29, 1.82) is 0 Å². The Hall–Kier alpha value is -0.350. The molecule has 1 unspecified atom stereocenters. The molecular formula is C13H24BrN3. The number of aryl methyl sites for hydroxylation is 2. The van der Waals surface area contributed by atoms with Crippen LogP contribution in [-0.2, 0) is 13.5 Å². The van der Waals surface area contributed by atoms with Crippen molar-refractivity contribution in [3.05, 3.63) is 15.9 Å². The molecule has 0 aliphatic rings. The Morgan fingerprint density at radius 2 is 2.06 bits per heavy atom. The Labute approximate surface area is 113 Å². The molecule has 17 heavy (non-hydrogen) atoms. The Morgan fingerprint density at radius 3 is 2.53 bits per heavy atom. The molecule has 0 amide bonds. The maximum Gasteiger partial charge on any atom is 0.0738 e. The van der Waals surface area contributed by atoms with E-state index in [0.717, 1.165) is 18.7 Å². The van der Waals surface area contributed by atoms with Gasteiger partial charge in [-0.25, -0.2) is 0 Å². The van der Waals surface area contributed by atoms with Crippen LogP contribution in [0.25, 0.3) is 0 Å². The highest BCUT2D eigenvalue weighted by atomic mass is 79.9. The highest BCUT2D eigenvalue weighted by Gasteiger charge is 2.15. The third-order valence-electron chi connectivity index (χ3n) is 3.02. The minimum Gasteiger partial charge on any atom is -0.314 e. The van der Waals surface area contributed by atoms with Gasteiger partial charge in [0.15, 0.2) is 0 Å². The van der Waals surface area contributed by atoms with Crippen molar-refractivity contribution in [2.75, 3.05) is 6.54 Å². The van der Waals surface area contributed by atoms with Gasteiger partial charge in [0.1, 0.15) is 0 Å². The smallest absolute Gasteiger partial charge is 0.0738 e. The molecule has 98 valence electrons. The fourth-order valence-electron chi connectivity index (χ4n) is 2.11. The maximum atomic E-state index is 4.45. The first-order chi connectivity index (χ1) is 8.10. The third-order valence-corrected chi connectivity index (χ3v) is 4.05. The van der Waals surface area contributed by atoms with E-state index in [2.05, 4.69) is 40.2 Å². The van der Waals surface area contributed by atoms with E-state index in [1.54, 1.807) is 0 Å². The second kappa shape index (κ2) is 7.17. The number of rotatable bonds is 7. The lowest BCUT2D eigenvalue weighted by Crippen LogP contribution is -2.32. The molecule has 0 saturated carbocycles. The van der Waals surface area contributed by atoms with Crippen molar-refractivity contribution >= 4 is 15.9 Å². The number of hydrogen-bond acceptors (Lipinski definition) is 2. The first kappa shape index (κ1) is 14.7. The Morgan fingerprint density at radius 1 is 1.35 bits per heavy atom. The van der Waals surface area contributed by atoms with Crippen LogP contribution in [0.5, 0.6) is 0 Å². The van der Waals surface area contributed by atoms with Crippen LogP contribution in [0.2, 0.25) is 0 Å². The molecule has 1 atom stereocenters. The lowest BCUT2D eigenvalue weighted by molar-refractivity contribution is 0.461. The van der Waals surface area contributed by atoms with Gasteiger partial charge >= 0.3 is 0 Å². The summed E-state index contributed by atoms with van der Waals surface area (Å²) in [7, 11) is 2.02. The Kier molecular flexibility index (Phi) is 6.20. The monoisotopic (exact) mass is 301 g/mol. The summed E-state index contributed by atoms with van der Waals surface area (Å²) in [5, 5.41) is 8.07. The molecular weight excluding hydrogens is 278 g/mol. The maximum absolute atomic E-state index is 4.45. The second-order valence-electron chi connectivity index (χ2n) is 4.61. The van der Waals surface area contributed by atoms with E-state index in [1.807, 2.05) is 18.7 Å². The fraction of sp³-hybridized carbons (Fsp3) is 0.769. The van der Waals surface area contributed by atoms with Gasteiger partial charge in [0.2, 0.25) is 0 Å². The summed E-state index contributed by atoms with van der Waals surface area (Å²) in [6.07, 6.45) is 4.67. The minimum atomic E-state index is 0.561. The fourth-order valence-corrected chi connectivity index (χ4v) is 2.61. The van der Waals surface area contributed by atoms with E-state index < -0.39 is 0 Å². The van der Waals surface area contributed by atoms with E-state index >= 15 is 0 Å². The molecule has 0 aromatic carbocycles. The van der Waals surface area contributed by atoms with Crippen LogP contribution in [-0.4, -0.2) is 22.4 Å². The molecule has 0 bridgehead atoms. The summed E-state index contributed by atoms with van der Waals surface area (Å²) in [5.41, 5.74) is 2.37. The molecule has 0 radical (unpaired) electrons. The lowest BCUT2D eigenvalue weighted by atomic mass is 10.1. The summed E-state index contributed by atoms with van der Waals surface area (Å²) >= 11 is 3.64. The quantitative estimate of drug-likeness (QED) is 0.838. The predicted molar refractivity (Wildman–Crippen MR) is 76.3 cm³/mol. The molecule has 1 heterocycles. The summed E-state index contributed by atoms with van der Waals surface area (Å²) in [6.45, 7) is 7.59. The number of aromatic nitrogens is 2. The SMILES string of the molecule is CCCNC(CCC)Cc1c(Br)c(C)nn1C. The largest absolute Gasteiger partial charge is 0.314 e. The van der Waals surface area contributed by atoms with Crippen LogP contribution in [0.15, 0.2) is 4.47 Å². The van der Waals surface area contributed by atoms with Crippen molar-refractivity contribution in [3.63, 3.8) is 0 Å². The molecule has 0 spiro atoms. The number of hydrogen-bond donors (Lipinski definition) is 1. The molecule has 4 heteroatoms. The molecule has 0 aliphatic carbocycles. The van der Waals surface area contributed by atoms with Gasteiger partial charge in [-0.05, 0) is 42.2 Å². The highest BCUT2D eigenvalue weighted by Crippen LogP contribution is 2.22. The van der Waals surface area contributed by atoms with Gasteiger partial charge in [-0.15, -0.1) is 0 Å². The summed E-state index contributed by atoms with van der Waals surface area (Å²) < 4.78 is 3.16. The van der Waals surface area contributed by atoms with Gasteiger partial charge in [0, 0.05) is 19.5 Å². The second-order valence-corrected chi connectivity index (χ2v) is 5.41. The molecule has 0 aliphatic heterocycles. The molecule has 1 aromatic heterocycles. The predicted octanol–water partition coefficient (Wildman–Crippen LogP) is 3.20. The van der Waals surface area contributed by atoms with Gasteiger partial charge in [0.25, 0.3) is 0 Å². The first-order valence-corrected chi connectivity index (χ1v) is 7.30. The molecule has 0 fully saturated rings. The summed E-state index contributed by atoms with van der Waals surface area (Å²) in [6, 6.07) is 0.561. The highest BCUT2D eigenvalue weighted by molar-refractivity contribution is 9.10. The number of halogens is 1. The van der Waals surface area contributed by atoms with Crippen molar-refractivity contribution in [1.82, 2.24) is 15.1 Å². The van der Waals surface area contributed by atoms with Crippen molar-refractivity contribution in [2.45, 2.75) is 52.5 Å². The topological polar surface area (TPSA) is 29.9 Å². The standard InChI is InChI=1S/C13H24BrN3/c1-5-7-11(15-8-6-2)9-12-13(14)10(3)16-17(12)4/h11,15H,5-9H2,1-4H3. The van der Waals surface area contributed by atoms with E-state index in [4.69, 9.17) is 0 Å². The van der Waals surface area contributed by atoms with E-state index in [0.29, 0.717) is 6.04 Å².